The van der Waals surface area contributed by atoms with Crippen LogP contribution >= 0.6 is 11.6 Å². The van der Waals surface area contributed by atoms with E-state index >= 15 is 0 Å². The number of amides is 1. The Morgan fingerprint density at radius 2 is 1.75 bits per heavy atom. The van der Waals surface area contributed by atoms with Crippen LogP contribution in [0.3, 0.4) is 0 Å². The Labute approximate surface area is 123 Å². The number of hydrogen-bond acceptors (Lipinski definition) is 2. The minimum atomic E-state index is -0.702. The molecule has 0 bridgehead atoms. The summed E-state index contributed by atoms with van der Waals surface area (Å²) in [6.45, 7) is 0.188. The van der Waals surface area contributed by atoms with Gasteiger partial charge in [-0.05, 0) is 17.2 Å². The Kier molecular flexibility index (Phi) is 5.16. The predicted octanol–water partition coefficient (Wildman–Crippen LogP) is 2.73. The van der Waals surface area contributed by atoms with Crippen LogP contribution in [0.15, 0.2) is 54.6 Å². The summed E-state index contributed by atoms with van der Waals surface area (Å²) in [7, 11) is 0. The molecular weight excluding hydrogens is 274 g/mol. The van der Waals surface area contributed by atoms with Crippen LogP contribution in [0.1, 0.15) is 17.2 Å². The zero-order valence-corrected chi connectivity index (χ0v) is 11.7. The molecule has 0 radical (unpaired) electrons. The summed E-state index contributed by atoms with van der Waals surface area (Å²) < 4.78 is 0. The highest BCUT2D eigenvalue weighted by atomic mass is 35.5. The van der Waals surface area contributed by atoms with E-state index in [1.54, 1.807) is 6.07 Å². The van der Waals surface area contributed by atoms with Crippen molar-refractivity contribution in [2.24, 2.45) is 0 Å². The fourth-order valence-corrected chi connectivity index (χ4v) is 2.08. The topological polar surface area (TPSA) is 49.3 Å². The predicted molar refractivity (Wildman–Crippen MR) is 79.6 cm³/mol. The molecule has 20 heavy (non-hydrogen) atoms. The summed E-state index contributed by atoms with van der Waals surface area (Å²) in [6.07, 6.45) is -0.493. The van der Waals surface area contributed by atoms with Gasteiger partial charge in [-0.25, -0.2) is 0 Å². The van der Waals surface area contributed by atoms with Gasteiger partial charge in [-0.3, -0.25) is 4.79 Å². The van der Waals surface area contributed by atoms with Crippen molar-refractivity contribution in [2.45, 2.75) is 12.5 Å². The van der Waals surface area contributed by atoms with Crippen LogP contribution in [0.25, 0.3) is 0 Å². The molecule has 1 atom stereocenters. The van der Waals surface area contributed by atoms with Crippen molar-refractivity contribution in [1.29, 1.82) is 0 Å². The molecule has 0 saturated heterocycles. The lowest BCUT2D eigenvalue weighted by atomic mass is 10.1. The van der Waals surface area contributed by atoms with E-state index in [1.807, 2.05) is 48.5 Å². The monoisotopic (exact) mass is 289 g/mol. The van der Waals surface area contributed by atoms with Crippen LogP contribution in [0, 0.1) is 0 Å². The van der Waals surface area contributed by atoms with Gasteiger partial charge < -0.3 is 10.4 Å². The van der Waals surface area contributed by atoms with E-state index < -0.39 is 6.10 Å². The first-order valence-electron chi connectivity index (χ1n) is 6.40. The van der Waals surface area contributed by atoms with E-state index in [-0.39, 0.29) is 18.9 Å². The number of aliphatic hydroxyl groups is 1. The number of carbonyl (C=O) groups excluding carboxylic acids is 1. The Morgan fingerprint density at radius 1 is 1.10 bits per heavy atom. The molecule has 0 aliphatic carbocycles. The highest BCUT2D eigenvalue weighted by Crippen LogP contribution is 2.15. The largest absolute Gasteiger partial charge is 0.387 e. The highest BCUT2D eigenvalue weighted by Gasteiger charge is 2.10. The molecular formula is C16H16ClNO2. The number of carbonyl (C=O) groups is 1. The molecule has 0 spiro atoms. The third kappa shape index (κ3) is 4.08. The van der Waals surface area contributed by atoms with Crippen molar-refractivity contribution < 1.29 is 9.90 Å². The lowest BCUT2D eigenvalue weighted by molar-refractivity contribution is -0.120. The first-order valence-corrected chi connectivity index (χ1v) is 6.77. The number of halogens is 1. The standard InChI is InChI=1S/C16H16ClNO2/c17-14-9-5-4-8-13(14)10-16(20)18-11-15(19)12-6-2-1-3-7-12/h1-9,15,19H,10-11H2,(H,18,20)/t15-/m1/s1. The molecule has 0 aromatic heterocycles. The van der Waals surface area contributed by atoms with Crippen molar-refractivity contribution >= 4 is 17.5 Å². The Balaban J connectivity index is 1.85. The van der Waals surface area contributed by atoms with Gasteiger partial charge in [-0.15, -0.1) is 0 Å². The van der Waals surface area contributed by atoms with Crippen LogP contribution in [0.4, 0.5) is 0 Å². The minimum absolute atomic E-state index is 0.159. The molecule has 0 unspecified atom stereocenters. The second kappa shape index (κ2) is 7.08. The number of aliphatic hydroxyl groups excluding tert-OH is 1. The second-order valence-electron chi connectivity index (χ2n) is 4.50. The van der Waals surface area contributed by atoms with Gasteiger partial charge in [0.15, 0.2) is 0 Å². The molecule has 104 valence electrons. The van der Waals surface area contributed by atoms with E-state index in [0.717, 1.165) is 11.1 Å². The van der Waals surface area contributed by atoms with Gasteiger partial charge in [0.25, 0.3) is 0 Å². The molecule has 4 heteroatoms. The van der Waals surface area contributed by atoms with Crippen LogP contribution in [0.2, 0.25) is 5.02 Å². The summed E-state index contributed by atoms with van der Waals surface area (Å²) in [5.74, 6) is -0.159. The SMILES string of the molecule is O=C(Cc1ccccc1Cl)NC[C@@H](O)c1ccccc1. The van der Waals surface area contributed by atoms with E-state index in [9.17, 15) is 9.90 Å². The van der Waals surface area contributed by atoms with Crippen LogP contribution in [0.5, 0.6) is 0 Å². The minimum Gasteiger partial charge on any atom is -0.387 e. The maximum atomic E-state index is 11.8. The first kappa shape index (κ1) is 14.6. The van der Waals surface area contributed by atoms with Crippen molar-refractivity contribution in [2.75, 3.05) is 6.54 Å². The molecule has 0 heterocycles. The molecule has 2 aromatic rings. The van der Waals surface area contributed by atoms with Gasteiger partial charge in [-0.2, -0.15) is 0 Å². The van der Waals surface area contributed by atoms with Crippen molar-refractivity contribution in [3.05, 3.63) is 70.7 Å². The fourth-order valence-electron chi connectivity index (χ4n) is 1.88. The van der Waals surface area contributed by atoms with E-state index in [4.69, 9.17) is 11.6 Å². The number of hydrogen-bond donors (Lipinski definition) is 2. The average Bonchev–Trinajstić information content (AvgIpc) is 2.48. The van der Waals surface area contributed by atoms with Gasteiger partial charge >= 0.3 is 0 Å². The first-order chi connectivity index (χ1) is 9.66. The van der Waals surface area contributed by atoms with Crippen molar-refractivity contribution in [3.8, 4) is 0 Å². The van der Waals surface area contributed by atoms with Gasteiger partial charge in [0, 0.05) is 11.6 Å². The summed E-state index contributed by atoms with van der Waals surface area (Å²) in [6, 6.07) is 16.5. The van der Waals surface area contributed by atoms with E-state index in [0.29, 0.717) is 5.02 Å². The third-order valence-corrected chi connectivity index (χ3v) is 3.35. The Hall–Kier alpha value is -1.84. The highest BCUT2D eigenvalue weighted by molar-refractivity contribution is 6.31. The van der Waals surface area contributed by atoms with Gasteiger partial charge in [0.05, 0.1) is 12.5 Å². The van der Waals surface area contributed by atoms with Crippen molar-refractivity contribution in [3.63, 3.8) is 0 Å². The average molecular weight is 290 g/mol. The maximum absolute atomic E-state index is 11.8. The molecule has 2 aromatic carbocycles. The zero-order chi connectivity index (χ0) is 14.4. The zero-order valence-electron chi connectivity index (χ0n) is 10.9. The summed E-state index contributed by atoms with van der Waals surface area (Å²) in [5, 5.41) is 13.2. The lowest BCUT2D eigenvalue weighted by Crippen LogP contribution is -2.29. The summed E-state index contributed by atoms with van der Waals surface area (Å²) >= 11 is 6.00. The maximum Gasteiger partial charge on any atom is 0.224 e. The van der Waals surface area contributed by atoms with Crippen molar-refractivity contribution in [1.82, 2.24) is 5.32 Å². The molecule has 3 nitrogen and oxygen atoms in total. The normalized spacial score (nSPS) is 11.9. The smallest absolute Gasteiger partial charge is 0.224 e. The number of benzene rings is 2. The third-order valence-electron chi connectivity index (χ3n) is 2.99. The van der Waals surface area contributed by atoms with E-state index in [2.05, 4.69) is 5.32 Å². The molecule has 2 N–H and O–H groups in total. The van der Waals surface area contributed by atoms with E-state index in [1.165, 1.54) is 0 Å². The molecule has 0 aliphatic rings. The second-order valence-corrected chi connectivity index (χ2v) is 4.91. The van der Waals surface area contributed by atoms with Crippen LogP contribution < -0.4 is 5.32 Å². The van der Waals surface area contributed by atoms with Gasteiger partial charge in [0.1, 0.15) is 0 Å². The molecule has 1 amide bonds. The molecule has 0 fully saturated rings. The van der Waals surface area contributed by atoms with Gasteiger partial charge in [0.2, 0.25) is 5.91 Å². The lowest BCUT2D eigenvalue weighted by Gasteiger charge is -2.12. The quantitative estimate of drug-likeness (QED) is 0.889. The number of nitrogens with one attached hydrogen (secondary N) is 1. The Bertz CT molecular complexity index is 572. The fraction of sp³-hybridized carbons (Fsp3) is 0.188. The molecule has 0 saturated carbocycles. The van der Waals surface area contributed by atoms with Crippen LogP contribution in [-0.2, 0) is 11.2 Å². The Morgan fingerprint density at radius 3 is 2.45 bits per heavy atom. The molecule has 2 rings (SSSR count). The molecule has 0 aliphatic heterocycles. The van der Waals surface area contributed by atoms with Gasteiger partial charge in [-0.1, -0.05) is 60.1 Å². The van der Waals surface area contributed by atoms with Crippen LogP contribution in [-0.4, -0.2) is 17.6 Å². The number of rotatable bonds is 5. The summed E-state index contributed by atoms with van der Waals surface area (Å²) in [5.41, 5.74) is 1.56. The summed E-state index contributed by atoms with van der Waals surface area (Å²) in [4.78, 5) is 11.8.